The molecular formula is C27H30N2O. The first-order valence-corrected chi connectivity index (χ1v) is 10.7. The molecule has 1 unspecified atom stereocenters. The number of amides is 1. The Bertz CT molecular complexity index is 1020. The van der Waals surface area contributed by atoms with Crippen LogP contribution in [-0.2, 0) is 12.8 Å². The third-order valence-corrected chi connectivity index (χ3v) is 5.95. The quantitative estimate of drug-likeness (QED) is 0.608. The average Bonchev–Trinajstić information content (AvgIpc) is 2.74. The van der Waals surface area contributed by atoms with E-state index in [9.17, 15) is 4.79 Å². The number of nitrogens with zero attached hydrogens (tertiary/aromatic N) is 1. The second kappa shape index (κ2) is 8.85. The fourth-order valence-corrected chi connectivity index (χ4v) is 4.34. The summed E-state index contributed by atoms with van der Waals surface area (Å²) in [6, 6.07) is 22.6. The summed E-state index contributed by atoms with van der Waals surface area (Å²) in [7, 11) is 4.28. The highest BCUT2D eigenvalue weighted by Gasteiger charge is 2.19. The summed E-state index contributed by atoms with van der Waals surface area (Å²) in [5.74, 6) is 0.659. The lowest BCUT2D eigenvalue weighted by Crippen LogP contribution is -2.26. The maximum atomic E-state index is 12.7. The number of hydrogen-bond acceptors (Lipinski definition) is 2. The zero-order chi connectivity index (χ0) is 21.1. The van der Waals surface area contributed by atoms with Gasteiger partial charge in [0.15, 0.2) is 0 Å². The lowest BCUT2D eigenvalue weighted by molar-refractivity contribution is 0.102. The van der Waals surface area contributed by atoms with Crippen LogP contribution in [0.4, 0.5) is 5.69 Å². The van der Waals surface area contributed by atoms with E-state index < -0.39 is 0 Å². The molecule has 3 aromatic carbocycles. The molecule has 1 N–H and O–H groups in total. The normalized spacial score (nSPS) is 15.7. The topological polar surface area (TPSA) is 32.3 Å². The van der Waals surface area contributed by atoms with Crippen molar-refractivity contribution in [2.24, 2.45) is 5.92 Å². The van der Waals surface area contributed by atoms with Gasteiger partial charge in [0.25, 0.3) is 5.91 Å². The smallest absolute Gasteiger partial charge is 0.255 e. The van der Waals surface area contributed by atoms with Crippen LogP contribution in [0.5, 0.6) is 0 Å². The van der Waals surface area contributed by atoms with Crippen LogP contribution in [0.1, 0.15) is 33.5 Å². The summed E-state index contributed by atoms with van der Waals surface area (Å²) in [5, 5.41) is 3.07. The second-order valence-corrected chi connectivity index (χ2v) is 8.75. The van der Waals surface area contributed by atoms with Crippen LogP contribution in [-0.4, -0.2) is 31.4 Å². The third kappa shape index (κ3) is 4.80. The summed E-state index contributed by atoms with van der Waals surface area (Å²) in [4.78, 5) is 15.0. The molecule has 0 fully saturated rings. The summed E-state index contributed by atoms with van der Waals surface area (Å²) >= 11 is 0. The number of carbonyl (C=O) groups excluding carboxylic acids is 1. The van der Waals surface area contributed by atoms with Gasteiger partial charge in [-0.1, -0.05) is 48.0 Å². The number of benzene rings is 3. The highest BCUT2D eigenvalue weighted by atomic mass is 16.1. The van der Waals surface area contributed by atoms with Crippen LogP contribution < -0.4 is 5.32 Å². The minimum Gasteiger partial charge on any atom is -0.322 e. The fraction of sp³-hybridized carbons (Fsp3) is 0.296. The molecule has 1 amide bonds. The monoisotopic (exact) mass is 398 g/mol. The summed E-state index contributed by atoms with van der Waals surface area (Å²) in [6.07, 6.45) is 3.42. The Morgan fingerprint density at radius 2 is 1.60 bits per heavy atom. The molecule has 0 spiro atoms. The number of aryl methyl sites for hydroxylation is 2. The van der Waals surface area contributed by atoms with E-state index in [1.165, 1.54) is 23.1 Å². The first-order chi connectivity index (χ1) is 14.5. The zero-order valence-electron chi connectivity index (χ0n) is 18.1. The Labute approximate surface area is 179 Å². The van der Waals surface area contributed by atoms with Crippen LogP contribution in [0.15, 0.2) is 66.7 Å². The molecule has 3 heteroatoms. The highest BCUT2D eigenvalue weighted by molar-refractivity contribution is 6.04. The summed E-state index contributed by atoms with van der Waals surface area (Å²) < 4.78 is 0. The van der Waals surface area contributed by atoms with Gasteiger partial charge in [-0.15, -0.1) is 0 Å². The molecule has 0 heterocycles. The van der Waals surface area contributed by atoms with E-state index in [1.54, 1.807) is 0 Å². The molecule has 0 aromatic heterocycles. The molecular weight excluding hydrogens is 368 g/mol. The number of hydrogen-bond donors (Lipinski definition) is 1. The van der Waals surface area contributed by atoms with Crippen molar-refractivity contribution in [1.82, 2.24) is 4.90 Å². The van der Waals surface area contributed by atoms with Gasteiger partial charge in [-0.2, -0.15) is 0 Å². The number of nitrogens with one attached hydrogen (secondary N) is 1. The summed E-state index contributed by atoms with van der Waals surface area (Å²) in [6.45, 7) is 3.22. The Kier molecular flexibility index (Phi) is 6.01. The predicted octanol–water partition coefficient (Wildman–Crippen LogP) is 5.58. The lowest BCUT2D eigenvalue weighted by Gasteiger charge is -2.27. The van der Waals surface area contributed by atoms with Crippen LogP contribution in [0, 0.1) is 12.8 Å². The molecule has 0 saturated carbocycles. The molecule has 1 atom stereocenters. The standard InChI is InChI=1S/C27H30N2O/c1-19-4-7-21(8-5-19)22-10-12-23(13-11-22)27(30)28-26-15-14-24-16-20(18-29(2)3)6-9-25(24)17-26/h4-5,7-8,10-15,17,20H,6,9,16,18H2,1-3H3,(H,28,30). The van der Waals surface area contributed by atoms with Gasteiger partial charge >= 0.3 is 0 Å². The minimum atomic E-state index is -0.0632. The Morgan fingerprint density at radius 3 is 2.27 bits per heavy atom. The molecule has 1 aliphatic carbocycles. The zero-order valence-corrected chi connectivity index (χ0v) is 18.1. The Balaban J connectivity index is 1.42. The Hall–Kier alpha value is -2.91. The van der Waals surface area contributed by atoms with Crippen molar-refractivity contribution in [2.75, 3.05) is 26.0 Å². The van der Waals surface area contributed by atoms with Crippen LogP contribution >= 0.6 is 0 Å². The molecule has 4 rings (SSSR count). The van der Waals surface area contributed by atoms with Crippen molar-refractivity contribution in [3.63, 3.8) is 0 Å². The van der Waals surface area contributed by atoms with E-state index >= 15 is 0 Å². The first-order valence-electron chi connectivity index (χ1n) is 10.7. The SMILES string of the molecule is Cc1ccc(-c2ccc(C(=O)Nc3ccc4c(c3)CCC(CN(C)C)C4)cc2)cc1. The van der Waals surface area contributed by atoms with Gasteiger partial charge < -0.3 is 10.2 Å². The van der Waals surface area contributed by atoms with Crippen LogP contribution in [0.25, 0.3) is 11.1 Å². The molecule has 1 aliphatic rings. The van der Waals surface area contributed by atoms with E-state index in [0.717, 1.165) is 42.1 Å². The molecule has 154 valence electrons. The van der Waals surface area contributed by atoms with Crippen molar-refractivity contribution in [3.05, 3.63) is 89.0 Å². The lowest BCUT2D eigenvalue weighted by atomic mass is 9.83. The second-order valence-electron chi connectivity index (χ2n) is 8.75. The van der Waals surface area contributed by atoms with E-state index in [1.807, 2.05) is 30.3 Å². The van der Waals surface area contributed by atoms with E-state index in [2.05, 4.69) is 67.6 Å². The van der Waals surface area contributed by atoms with Crippen molar-refractivity contribution < 1.29 is 4.79 Å². The summed E-state index contributed by atoms with van der Waals surface area (Å²) in [5.41, 5.74) is 7.88. The molecule has 0 radical (unpaired) electrons. The molecule has 0 bridgehead atoms. The highest BCUT2D eigenvalue weighted by Crippen LogP contribution is 2.28. The fourth-order valence-electron chi connectivity index (χ4n) is 4.34. The minimum absolute atomic E-state index is 0.0632. The maximum Gasteiger partial charge on any atom is 0.255 e. The van der Waals surface area contributed by atoms with Crippen LogP contribution in [0.3, 0.4) is 0 Å². The first kappa shape index (κ1) is 20.4. The molecule has 3 aromatic rings. The van der Waals surface area contributed by atoms with E-state index in [4.69, 9.17) is 0 Å². The number of carbonyl (C=O) groups is 1. The van der Waals surface area contributed by atoms with Crippen LogP contribution in [0.2, 0.25) is 0 Å². The van der Waals surface area contributed by atoms with Gasteiger partial charge in [0.2, 0.25) is 0 Å². The average molecular weight is 399 g/mol. The largest absolute Gasteiger partial charge is 0.322 e. The van der Waals surface area contributed by atoms with Crippen molar-refractivity contribution >= 4 is 11.6 Å². The van der Waals surface area contributed by atoms with Gasteiger partial charge in [-0.25, -0.2) is 0 Å². The maximum absolute atomic E-state index is 12.7. The predicted molar refractivity (Wildman–Crippen MR) is 125 cm³/mol. The van der Waals surface area contributed by atoms with Crippen molar-refractivity contribution in [1.29, 1.82) is 0 Å². The van der Waals surface area contributed by atoms with Gasteiger partial charge in [-0.05, 0) is 92.7 Å². The number of anilines is 1. The number of rotatable bonds is 5. The van der Waals surface area contributed by atoms with E-state index in [0.29, 0.717) is 5.56 Å². The molecule has 0 aliphatic heterocycles. The van der Waals surface area contributed by atoms with Gasteiger partial charge in [0.1, 0.15) is 0 Å². The molecule has 30 heavy (non-hydrogen) atoms. The Morgan fingerprint density at radius 1 is 0.933 bits per heavy atom. The molecule has 3 nitrogen and oxygen atoms in total. The van der Waals surface area contributed by atoms with Crippen molar-refractivity contribution in [2.45, 2.75) is 26.2 Å². The van der Waals surface area contributed by atoms with E-state index in [-0.39, 0.29) is 5.91 Å². The molecule has 0 saturated heterocycles. The van der Waals surface area contributed by atoms with Gasteiger partial charge in [-0.3, -0.25) is 4.79 Å². The number of fused-ring (bicyclic) bond motifs is 1. The van der Waals surface area contributed by atoms with Crippen molar-refractivity contribution in [3.8, 4) is 11.1 Å². The third-order valence-electron chi connectivity index (χ3n) is 5.95. The van der Waals surface area contributed by atoms with Gasteiger partial charge in [0, 0.05) is 17.8 Å². The van der Waals surface area contributed by atoms with Gasteiger partial charge in [0.05, 0.1) is 0 Å².